The summed E-state index contributed by atoms with van der Waals surface area (Å²) in [4.78, 5) is 0. The van der Waals surface area contributed by atoms with E-state index in [-0.39, 0.29) is 0 Å². The molecule has 30 heavy (non-hydrogen) atoms. The fourth-order valence-electron chi connectivity index (χ4n) is 3.39. The predicted molar refractivity (Wildman–Crippen MR) is 130 cm³/mol. The van der Waals surface area contributed by atoms with Gasteiger partial charge >= 0.3 is 0 Å². The lowest BCUT2D eigenvalue weighted by Gasteiger charge is -2.07. The van der Waals surface area contributed by atoms with Gasteiger partial charge in [-0.3, -0.25) is 0 Å². The molecular weight excluding hydrogens is 364 g/mol. The molecule has 154 valence electrons. The molecule has 0 amide bonds. The summed E-state index contributed by atoms with van der Waals surface area (Å²) in [5.41, 5.74) is 7.72. The molecule has 0 N–H and O–H groups in total. The van der Waals surface area contributed by atoms with E-state index in [1.165, 1.54) is 39.8 Å². The minimum Gasteiger partial charge on any atom is -0.373 e. The minimum atomic E-state index is 0.587. The quantitative estimate of drug-likeness (QED) is 0.239. The molecule has 0 aliphatic carbocycles. The van der Waals surface area contributed by atoms with Gasteiger partial charge in [-0.2, -0.15) is 0 Å². The molecule has 0 spiro atoms. The molecule has 0 saturated carbocycles. The second-order valence-corrected chi connectivity index (χ2v) is 7.63. The van der Waals surface area contributed by atoms with E-state index in [9.17, 15) is 0 Å². The van der Waals surface area contributed by atoms with E-state index < -0.39 is 0 Å². The van der Waals surface area contributed by atoms with Crippen LogP contribution in [0.5, 0.6) is 0 Å². The van der Waals surface area contributed by atoms with Crippen LogP contribution in [0.4, 0.5) is 0 Å². The third kappa shape index (κ3) is 6.86. The Morgan fingerprint density at radius 3 is 1.80 bits per heavy atom. The topological polar surface area (TPSA) is 9.23 Å². The van der Waals surface area contributed by atoms with Crippen molar-refractivity contribution in [1.29, 1.82) is 0 Å². The van der Waals surface area contributed by atoms with Crippen molar-refractivity contribution in [2.24, 2.45) is 0 Å². The van der Waals surface area contributed by atoms with E-state index in [4.69, 9.17) is 4.74 Å². The normalized spacial score (nSPS) is 11.1. The van der Waals surface area contributed by atoms with Crippen molar-refractivity contribution in [2.75, 3.05) is 6.61 Å². The summed E-state index contributed by atoms with van der Waals surface area (Å²) in [6.07, 6.45) is 10.7. The predicted octanol–water partition coefficient (Wildman–Crippen LogP) is 7.65. The number of ether oxygens (including phenoxy) is 1. The third-order valence-electron chi connectivity index (χ3n) is 5.19. The number of rotatable bonds is 11. The van der Waals surface area contributed by atoms with Crippen LogP contribution in [0.25, 0.3) is 17.2 Å². The maximum atomic E-state index is 5.50. The SMILES string of the molecule is C=CCOCc1ccc(-c2ccc(CCc3ccc(/C=C/CCC)cc3)cc2)cc1. The zero-order chi connectivity index (χ0) is 21.0. The van der Waals surface area contributed by atoms with Gasteiger partial charge in [0, 0.05) is 0 Å². The first-order chi connectivity index (χ1) is 14.8. The number of unbranched alkanes of at least 4 members (excludes halogenated alkanes) is 1. The van der Waals surface area contributed by atoms with E-state index >= 15 is 0 Å². The lowest BCUT2D eigenvalue weighted by molar-refractivity contribution is 0.149. The molecule has 3 aromatic rings. The Morgan fingerprint density at radius 1 is 0.733 bits per heavy atom. The zero-order valence-corrected chi connectivity index (χ0v) is 18.0. The maximum Gasteiger partial charge on any atom is 0.0721 e. The Bertz CT molecular complexity index is 916. The number of allylic oxidation sites excluding steroid dienone is 1. The number of hydrogen-bond acceptors (Lipinski definition) is 1. The van der Waals surface area contributed by atoms with Gasteiger partial charge in [-0.25, -0.2) is 0 Å². The molecule has 3 aromatic carbocycles. The van der Waals surface area contributed by atoms with Gasteiger partial charge in [0.15, 0.2) is 0 Å². The van der Waals surface area contributed by atoms with Crippen molar-refractivity contribution >= 4 is 6.08 Å². The Kier molecular flexibility index (Phi) is 8.68. The van der Waals surface area contributed by atoms with Crippen molar-refractivity contribution in [1.82, 2.24) is 0 Å². The summed E-state index contributed by atoms with van der Waals surface area (Å²) in [5, 5.41) is 0. The minimum absolute atomic E-state index is 0.587. The highest BCUT2D eigenvalue weighted by Gasteiger charge is 2.01. The second kappa shape index (κ2) is 11.9. The summed E-state index contributed by atoms with van der Waals surface area (Å²) >= 11 is 0. The van der Waals surface area contributed by atoms with Crippen molar-refractivity contribution < 1.29 is 4.74 Å². The number of hydrogen-bond donors (Lipinski definition) is 0. The van der Waals surface area contributed by atoms with Gasteiger partial charge < -0.3 is 4.74 Å². The summed E-state index contributed by atoms with van der Waals surface area (Å²) < 4.78 is 5.50. The first-order valence-corrected chi connectivity index (χ1v) is 10.9. The van der Waals surface area contributed by atoms with Crippen molar-refractivity contribution in [3.63, 3.8) is 0 Å². The molecule has 3 rings (SSSR count). The van der Waals surface area contributed by atoms with Gasteiger partial charge in [0.05, 0.1) is 13.2 Å². The molecule has 0 unspecified atom stereocenters. The van der Waals surface area contributed by atoms with Gasteiger partial charge in [-0.15, -0.1) is 6.58 Å². The van der Waals surface area contributed by atoms with Crippen LogP contribution in [0.3, 0.4) is 0 Å². The monoisotopic (exact) mass is 396 g/mol. The lowest BCUT2D eigenvalue weighted by atomic mass is 9.99. The highest BCUT2D eigenvalue weighted by atomic mass is 16.5. The number of benzene rings is 3. The Morgan fingerprint density at radius 2 is 1.27 bits per heavy atom. The average molecular weight is 397 g/mol. The van der Waals surface area contributed by atoms with Crippen LogP contribution in [0.15, 0.2) is 91.5 Å². The van der Waals surface area contributed by atoms with Crippen LogP contribution in [-0.2, 0) is 24.2 Å². The highest BCUT2D eigenvalue weighted by Crippen LogP contribution is 2.21. The molecule has 0 heterocycles. The van der Waals surface area contributed by atoms with Crippen LogP contribution in [-0.4, -0.2) is 6.61 Å². The molecule has 1 nitrogen and oxygen atoms in total. The molecule has 0 aromatic heterocycles. The highest BCUT2D eigenvalue weighted by molar-refractivity contribution is 5.64. The smallest absolute Gasteiger partial charge is 0.0721 e. The van der Waals surface area contributed by atoms with E-state index in [0.29, 0.717) is 13.2 Å². The van der Waals surface area contributed by atoms with Gasteiger partial charge in [0.2, 0.25) is 0 Å². The van der Waals surface area contributed by atoms with Gasteiger partial charge in [0.1, 0.15) is 0 Å². The summed E-state index contributed by atoms with van der Waals surface area (Å²) in [7, 11) is 0. The summed E-state index contributed by atoms with van der Waals surface area (Å²) in [6, 6.07) is 26.5. The fraction of sp³-hybridized carbons (Fsp3) is 0.241. The first-order valence-electron chi connectivity index (χ1n) is 10.9. The van der Waals surface area contributed by atoms with Crippen LogP contribution >= 0.6 is 0 Å². The fourth-order valence-corrected chi connectivity index (χ4v) is 3.39. The molecule has 0 fully saturated rings. The molecule has 0 bridgehead atoms. The van der Waals surface area contributed by atoms with Crippen LogP contribution in [0.2, 0.25) is 0 Å². The largest absolute Gasteiger partial charge is 0.373 e. The van der Waals surface area contributed by atoms with E-state index in [0.717, 1.165) is 19.3 Å². The van der Waals surface area contributed by atoms with Crippen molar-refractivity contribution in [2.45, 2.75) is 39.2 Å². The maximum absolute atomic E-state index is 5.50. The molecule has 0 aliphatic rings. The van der Waals surface area contributed by atoms with Crippen LogP contribution in [0.1, 0.15) is 42.0 Å². The molecule has 0 saturated heterocycles. The molecule has 0 aliphatic heterocycles. The Labute approximate surface area is 181 Å². The summed E-state index contributed by atoms with van der Waals surface area (Å²) in [5.74, 6) is 0. The van der Waals surface area contributed by atoms with Crippen molar-refractivity contribution in [3.05, 3.63) is 114 Å². The number of aryl methyl sites for hydroxylation is 2. The molecule has 0 radical (unpaired) electrons. The zero-order valence-electron chi connectivity index (χ0n) is 18.0. The van der Waals surface area contributed by atoms with Crippen LogP contribution < -0.4 is 0 Å². The molecular formula is C29H32O. The third-order valence-corrected chi connectivity index (χ3v) is 5.19. The first kappa shape index (κ1) is 21.8. The van der Waals surface area contributed by atoms with Gasteiger partial charge in [-0.05, 0) is 52.6 Å². The molecule has 0 atom stereocenters. The van der Waals surface area contributed by atoms with E-state index in [1.54, 1.807) is 6.08 Å². The van der Waals surface area contributed by atoms with E-state index in [1.807, 2.05) is 0 Å². The lowest BCUT2D eigenvalue weighted by Crippen LogP contribution is -1.93. The molecule has 1 heteroatoms. The van der Waals surface area contributed by atoms with Crippen LogP contribution in [0, 0.1) is 0 Å². The van der Waals surface area contributed by atoms with Crippen molar-refractivity contribution in [3.8, 4) is 11.1 Å². The van der Waals surface area contributed by atoms with Gasteiger partial charge in [0.25, 0.3) is 0 Å². The Balaban J connectivity index is 1.52. The standard InChI is InChI=1S/C29H32O/c1-3-5-6-7-24-8-10-25(11-9-24)12-13-26-14-18-28(19-15-26)29-20-16-27(17-21-29)23-30-22-4-2/h4,6-11,14-21H,2-3,5,12-13,22-23H2,1H3/b7-6+. The van der Waals surface area contributed by atoms with E-state index in [2.05, 4.69) is 98.5 Å². The summed E-state index contributed by atoms with van der Waals surface area (Å²) in [6.45, 7) is 7.09. The van der Waals surface area contributed by atoms with Gasteiger partial charge in [-0.1, -0.05) is 104 Å². The average Bonchev–Trinajstić information content (AvgIpc) is 2.80. The Hall–Kier alpha value is -2.90. The second-order valence-electron chi connectivity index (χ2n) is 7.63.